The van der Waals surface area contributed by atoms with Gasteiger partial charge in [-0.05, 0) is 29.8 Å². The topological polar surface area (TPSA) is 12.4 Å². The number of halogens is 3. The molecule has 2 aromatic rings. The van der Waals surface area contributed by atoms with E-state index < -0.39 is 11.7 Å². The molecule has 0 bridgehead atoms. The lowest BCUT2D eigenvalue weighted by Crippen LogP contribution is -2.23. The molecule has 0 aromatic heterocycles. The van der Waals surface area contributed by atoms with Crippen LogP contribution in [0.3, 0.4) is 0 Å². The average Bonchev–Trinajstić information content (AvgIpc) is 2.45. The molecule has 0 saturated heterocycles. The van der Waals surface area contributed by atoms with Gasteiger partial charge in [0, 0.05) is 17.1 Å². The first-order valence-electron chi connectivity index (χ1n) is 6.34. The lowest BCUT2D eigenvalue weighted by molar-refractivity contribution is -0.137. The number of hydrogen-bond donors (Lipinski definition) is 0. The van der Waals surface area contributed by atoms with Gasteiger partial charge in [-0.2, -0.15) is 13.2 Å². The van der Waals surface area contributed by atoms with Crippen LogP contribution in [0.5, 0.6) is 0 Å². The molecule has 21 heavy (non-hydrogen) atoms. The van der Waals surface area contributed by atoms with Crippen LogP contribution in [0.15, 0.2) is 53.5 Å². The molecule has 0 atom stereocenters. The molecule has 0 radical (unpaired) electrons. The van der Waals surface area contributed by atoms with Gasteiger partial charge in [0.05, 0.1) is 5.56 Å². The second-order valence-electron chi connectivity index (χ2n) is 4.62. The largest absolute Gasteiger partial charge is 0.416 e. The molecule has 0 aliphatic rings. The summed E-state index contributed by atoms with van der Waals surface area (Å²) in [6.45, 7) is 5.75. The fourth-order valence-electron chi connectivity index (χ4n) is 1.87. The molecule has 108 valence electrons. The molecule has 4 heteroatoms. The fraction of sp³-hybridized carbons (Fsp3) is 0.118. The number of nitrogens with zero attached hydrogens (tertiary/aromatic N) is 1. The van der Waals surface area contributed by atoms with Crippen LogP contribution in [0.2, 0.25) is 0 Å². The number of benzene rings is 2. The lowest BCUT2D eigenvalue weighted by atomic mass is 10.1. The van der Waals surface area contributed by atoms with Crippen molar-refractivity contribution in [2.75, 3.05) is 0 Å². The van der Waals surface area contributed by atoms with E-state index in [2.05, 4.69) is 11.6 Å². The van der Waals surface area contributed by atoms with Gasteiger partial charge in [0.25, 0.3) is 0 Å². The summed E-state index contributed by atoms with van der Waals surface area (Å²) in [5.74, 6) is 0. The van der Waals surface area contributed by atoms with Crippen molar-refractivity contribution in [1.82, 2.24) is 0 Å². The summed E-state index contributed by atoms with van der Waals surface area (Å²) < 4.78 is 37.4. The summed E-state index contributed by atoms with van der Waals surface area (Å²) >= 11 is 0. The first kappa shape index (κ1) is 15.0. The van der Waals surface area contributed by atoms with Crippen LogP contribution in [-0.4, -0.2) is 6.21 Å². The Morgan fingerprint density at radius 1 is 1.05 bits per heavy atom. The van der Waals surface area contributed by atoms with E-state index in [-0.39, 0.29) is 0 Å². The van der Waals surface area contributed by atoms with Crippen molar-refractivity contribution in [3.8, 4) is 0 Å². The molecular weight excluding hydrogens is 275 g/mol. The zero-order chi connectivity index (χ0) is 15.5. The van der Waals surface area contributed by atoms with Gasteiger partial charge in [-0.25, -0.2) is 0 Å². The highest BCUT2D eigenvalue weighted by Crippen LogP contribution is 2.28. The van der Waals surface area contributed by atoms with E-state index in [1.54, 1.807) is 6.21 Å². The van der Waals surface area contributed by atoms with Crippen molar-refractivity contribution in [1.29, 1.82) is 0 Å². The Hall–Kier alpha value is -2.36. The van der Waals surface area contributed by atoms with Crippen LogP contribution in [0.25, 0.3) is 12.3 Å². The molecule has 1 nitrogen and oxygen atoms in total. The Balaban J connectivity index is 2.29. The van der Waals surface area contributed by atoms with Crippen molar-refractivity contribution in [3.05, 3.63) is 70.1 Å². The zero-order valence-electron chi connectivity index (χ0n) is 11.5. The second kappa shape index (κ2) is 5.95. The predicted octanol–water partition coefficient (Wildman–Crippen LogP) is 3.36. The highest BCUT2D eigenvalue weighted by atomic mass is 19.4. The Morgan fingerprint density at radius 3 is 2.24 bits per heavy atom. The van der Waals surface area contributed by atoms with Crippen molar-refractivity contribution < 1.29 is 13.2 Å². The summed E-state index contributed by atoms with van der Waals surface area (Å²) in [4.78, 5) is 4.29. The smallest absolute Gasteiger partial charge is 0.260 e. The van der Waals surface area contributed by atoms with Gasteiger partial charge in [0.15, 0.2) is 0 Å². The van der Waals surface area contributed by atoms with E-state index in [4.69, 9.17) is 0 Å². The third-order valence-corrected chi connectivity index (χ3v) is 3.05. The highest BCUT2D eigenvalue weighted by Gasteiger charge is 2.29. The molecule has 0 aliphatic heterocycles. The minimum atomic E-state index is -4.31. The van der Waals surface area contributed by atoms with Crippen LogP contribution in [0, 0.1) is 0 Å². The van der Waals surface area contributed by atoms with E-state index in [1.165, 1.54) is 12.1 Å². The Morgan fingerprint density at radius 2 is 1.67 bits per heavy atom. The van der Waals surface area contributed by atoms with Gasteiger partial charge in [0.1, 0.15) is 0 Å². The lowest BCUT2D eigenvalue weighted by Gasteiger charge is -2.05. The maximum atomic E-state index is 12.5. The third kappa shape index (κ3) is 3.81. The quantitative estimate of drug-likeness (QED) is 0.752. The first-order valence-corrected chi connectivity index (χ1v) is 6.34. The van der Waals surface area contributed by atoms with Crippen LogP contribution in [0.4, 0.5) is 13.2 Å². The van der Waals surface area contributed by atoms with E-state index in [9.17, 15) is 13.2 Å². The van der Waals surface area contributed by atoms with Gasteiger partial charge in [0.2, 0.25) is 0 Å². The molecule has 0 amide bonds. The van der Waals surface area contributed by atoms with E-state index in [0.29, 0.717) is 5.56 Å². The van der Waals surface area contributed by atoms with E-state index in [0.717, 1.165) is 28.3 Å². The molecule has 0 N–H and O–H groups in total. The van der Waals surface area contributed by atoms with Crippen molar-refractivity contribution in [2.24, 2.45) is 4.99 Å². The number of hydrogen-bond acceptors (Lipinski definition) is 1. The Bertz CT molecular complexity index is 756. The van der Waals surface area contributed by atoms with Gasteiger partial charge >= 0.3 is 6.18 Å². The minimum absolute atomic E-state index is 0.615. The molecule has 0 saturated carbocycles. The van der Waals surface area contributed by atoms with Crippen molar-refractivity contribution in [3.63, 3.8) is 0 Å². The van der Waals surface area contributed by atoms with Gasteiger partial charge in [-0.3, -0.25) is 4.99 Å². The minimum Gasteiger partial charge on any atom is -0.260 e. The summed E-state index contributed by atoms with van der Waals surface area (Å²) in [5, 5.41) is 1.78. The van der Waals surface area contributed by atoms with Crippen LogP contribution >= 0.6 is 0 Å². The van der Waals surface area contributed by atoms with Crippen LogP contribution in [-0.2, 0) is 6.18 Å². The number of rotatable bonds is 2. The molecule has 0 unspecified atom stereocenters. The predicted molar refractivity (Wildman–Crippen MR) is 79.3 cm³/mol. The fourth-order valence-corrected chi connectivity index (χ4v) is 1.87. The monoisotopic (exact) mass is 289 g/mol. The normalized spacial score (nSPS) is 13.5. The molecule has 2 aromatic carbocycles. The molecule has 2 rings (SSSR count). The highest BCUT2D eigenvalue weighted by molar-refractivity contribution is 5.82. The first-order chi connectivity index (χ1) is 9.88. The van der Waals surface area contributed by atoms with E-state index >= 15 is 0 Å². The summed E-state index contributed by atoms with van der Waals surface area (Å²) in [5.41, 5.74) is 0.716. The summed E-state index contributed by atoms with van der Waals surface area (Å²) in [6, 6.07) is 12.5. The molecule has 0 heterocycles. The van der Waals surface area contributed by atoms with Gasteiger partial charge in [-0.15, -0.1) is 0 Å². The molecule has 0 spiro atoms. The number of alkyl halides is 3. The Labute approximate surface area is 120 Å². The summed E-state index contributed by atoms with van der Waals surface area (Å²) in [7, 11) is 0. The van der Waals surface area contributed by atoms with Crippen molar-refractivity contribution >= 4 is 18.5 Å². The van der Waals surface area contributed by atoms with Crippen molar-refractivity contribution in [2.45, 2.75) is 13.1 Å². The number of aliphatic imine (C=N–C) groups is 1. The van der Waals surface area contributed by atoms with E-state index in [1.807, 2.05) is 31.2 Å². The Kier molecular flexibility index (Phi) is 4.26. The third-order valence-electron chi connectivity index (χ3n) is 3.05. The second-order valence-corrected chi connectivity index (χ2v) is 4.62. The average molecular weight is 289 g/mol. The SMILES string of the molecule is C=c1cccc/c1=C(\C)N=Cc1ccc(C(F)(F)F)cc1. The maximum absolute atomic E-state index is 12.5. The maximum Gasteiger partial charge on any atom is 0.416 e. The molecule has 0 aliphatic carbocycles. The van der Waals surface area contributed by atoms with Gasteiger partial charge in [-0.1, -0.05) is 43.0 Å². The standard InChI is InChI=1S/C17H14F3N/c1-12-5-3-4-6-16(12)13(2)21-11-14-7-9-15(10-8-14)17(18,19)20/h3-11H,1H2,2H3/b16-13-,21-11?. The van der Waals surface area contributed by atoms with Gasteiger partial charge < -0.3 is 0 Å². The van der Waals surface area contributed by atoms with Crippen LogP contribution < -0.4 is 10.4 Å². The summed E-state index contributed by atoms with van der Waals surface area (Å²) in [6.07, 6.45) is -2.77. The van der Waals surface area contributed by atoms with Crippen LogP contribution in [0.1, 0.15) is 18.1 Å². The molecule has 0 fully saturated rings. The zero-order valence-corrected chi connectivity index (χ0v) is 11.5. The molecular formula is C17H14F3N.